The molecule has 0 unspecified atom stereocenters. The van der Waals surface area contributed by atoms with E-state index >= 15 is 0 Å². The van der Waals surface area contributed by atoms with Crippen LogP contribution >= 0.6 is 24.4 Å². The zero-order valence-electron chi connectivity index (χ0n) is 11.4. The maximum atomic E-state index is 12.1. The molecule has 3 N–H and O–H groups in total. The highest BCUT2D eigenvalue weighted by Gasteiger charge is 2.31. The Morgan fingerprint density at radius 1 is 1.60 bits per heavy atom. The fourth-order valence-corrected chi connectivity index (χ4v) is 2.69. The van der Waals surface area contributed by atoms with Crippen LogP contribution in [0.25, 0.3) is 0 Å². The molecular formula is C12H19N3O3S2. The van der Waals surface area contributed by atoms with Crippen LogP contribution in [-0.2, 0) is 16.0 Å². The quantitative estimate of drug-likeness (QED) is 0.536. The molecule has 1 aromatic rings. The monoisotopic (exact) mass is 317 g/mol. The minimum atomic E-state index is -1.08. The van der Waals surface area contributed by atoms with Crippen molar-refractivity contribution in [3.05, 3.63) is 18.2 Å². The molecule has 0 aliphatic heterocycles. The third kappa shape index (κ3) is 5.09. The average Bonchev–Trinajstić information content (AvgIpc) is 2.88. The number of aromatic amines is 1. The number of rotatable bonds is 8. The second-order valence-corrected chi connectivity index (χ2v) is 6.82. The highest BCUT2D eigenvalue weighted by molar-refractivity contribution is 8.01. The van der Waals surface area contributed by atoms with Gasteiger partial charge >= 0.3 is 5.97 Å². The van der Waals surface area contributed by atoms with Crippen LogP contribution in [-0.4, -0.2) is 49.2 Å². The van der Waals surface area contributed by atoms with Crippen molar-refractivity contribution in [3.8, 4) is 0 Å². The number of carbonyl (C=O) groups is 2. The summed E-state index contributed by atoms with van der Waals surface area (Å²) in [6, 6.07) is -0.960. The summed E-state index contributed by atoms with van der Waals surface area (Å²) in [5.74, 6) is -0.572. The van der Waals surface area contributed by atoms with Crippen molar-refractivity contribution in [1.29, 1.82) is 0 Å². The Kier molecular flexibility index (Phi) is 6.41. The lowest BCUT2D eigenvalue weighted by atomic mass is 10.2. The molecular weight excluding hydrogens is 298 g/mol. The Labute approximate surface area is 127 Å². The van der Waals surface area contributed by atoms with E-state index in [4.69, 9.17) is 5.11 Å². The Morgan fingerprint density at radius 3 is 2.80 bits per heavy atom. The molecule has 0 aliphatic rings. The van der Waals surface area contributed by atoms with E-state index in [1.807, 2.05) is 0 Å². The van der Waals surface area contributed by atoms with Gasteiger partial charge in [0.05, 0.1) is 11.1 Å². The SMILES string of the molecule is CC(C)(SCCc1cnc[nH]1)C(=O)N[C@@H](CS)C(=O)O. The van der Waals surface area contributed by atoms with E-state index in [1.54, 1.807) is 26.4 Å². The van der Waals surface area contributed by atoms with Crippen LogP contribution in [0.1, 0.15) is 19.5 Å². The summed E-state index contributed by atoms with van der Waals surface area (Å²) < 4.78 is -0.698. The van der Waals surface area contributed by atoms with Crippen LogP contribution in [0, 0.1) is 0 Å². The summed E-state index contributed by atoms with van der Waals surface area (Å²) >= 11 is 5.39. The third-order valence-corrected chi connectivity index (χ3v) is 4.40. The summed E-state index contributed by atoms with van der Waals surface area (Å²) in [6.07, 6.45) is 4.13. The first-order valence-corrected chi connectivity index (χ1v) is 7.74. The largest absolute Gasteiger partial charge is 0.480 e. The van der Waals surface area contributed by atoms with Crippen LogP contribution in [0.4, 0.5) is 0 Å². The van der Waals surface area contributed by atoms with E-state index in [0.717, 1.165) is 17.9 Å². The fraction of sp³-hybridized carbons (Fsp3) is 0.583. The number of aryl methyl sites for hydroxylation is 1. The number of hydrogen-bond donors (Lipinski definition) is 4. The first-order chi connectivity index (χ1) is 9.36. The molecule has 1 atom stereocenters. The normalized spacial score (nSPS) is 12.9. The molecule has 0 radical (unpaired) electrons. The van der Waals surface area contributed by atoms with Gasteiger partial charge in [0.2, 0.25) is 5.91 Å². The van der Waals surface area contributed by atoms with Gasteiger partial charge in [-0.15, -0.1) is 11.8 Å². The predicted octanol–water partition coefficient (Wildman–Crippen LogP) is 0.963. The second-order valence-electron chi connectivity index (χ2n) is 4.73. The third-order valence-electron chi connectivity index (χ3n) is 2.72. The molecule has 112 valence electrons. The number of hydrogen-bond acceptors (Lipinski definition) is 5. The smallest absolute Gasteiger partial charge is 0.327 e. The molecule has 6 nitrogen and oxygen atoms in total. The summed E-state index contributed by atoms with van der Waals surface area (Å²) in [6.45, 7) is 3.55. The van der Waals surface area contributed by atoms with Crippen LogP contribution in [0.3, 0.4) is 0 Å². The van der Waals surface area contributed by atoms with E-state index < -0.39 is 16.8 Å². The summed E-state index contributed by atoms with van der Waals surface area (Å²) in [4.78, 5) is 29.9. The van der Waals surface area contributed by atoms with Crippen molar-refractivity contribution >= 4 is 36.3 Å². The van der Waals surface area contributed by atoms with Gasteiger partial charge in [0.1, 0.15) is 6.04 Å². The number of aromatic nitrogens is 2. The highest BCUT2D eigenvalue weighted by atomic mass is 32.2. The van der Waals surface area contributed by atoms with Crippen molar-refractivity contribution in [1.82, 2.24) is 15.3 Å². The number of thioether (sulfide) groups is 1. The van der Waals surface area contributed by atoms with Crippen LogP contribution < -0.4 is 5.32 Å². The molecule has 0 aromatic carbocycles. The second kappa shape index (κ2) is 7.58. The first kappa shape index (κ1) is 16.9. The van der Waals surface area contributed by atoms with Crippen molar-refractivity contribution < 1.29 is 14.7 Å². The zero-order valence-corrected chi connectivity index (χ0v) is 13.1. The number of nitrogens with one attached hydrogen (secondary N) is 2. The molecule has 20 heavy (non-hydrogen) atoms. The molecule has 1 amide bonds. The summed E-state index contributed by atoms with van der Waals surface area (Å²) in [5, 5.41) is 11.4. The Bertz CT molecular complexity index is 449. The standard InChI is InChI=1S/C12H19N3O3S2/c1-12(2,11(18)15-9(6-19)10(16)17)20-4-3-8-5-13-7-14-8/h5,7,9,19H,3-4,6H2,1-2H3,(H,13,14)(H,15,18)(H,16,17)/t9-/m0/s1. The summed E-state index contributed by atoms with van der Waals surface area (Å²) in [7, 11) is 0. The minimum absolute atomic E-state index is 0.0654. The highest BCUT2D eigenvalue weighted by Crippen LogP contribution is 2.25. The molecule has 8 heteroatoms. The first-order valence-electron chi connectivity index (χ1n) is 6.12. The minimum Gasteiger partial charge on any atom is -0.480 e. The van der Waals surface area contributed by atoms with E-state index in [9.17, 15) is 9.59 Å². The lowest BCUT2D eigenvalue weighted by Gasteiger charge is -2.24. The topological polar surface area (TPSA) is 95.1 Å². The number of carbonyl (C=O) groups excluding carboxylic acids is 1. The summed E-state index contributed by atoms with van der Waals surface area (Å²) in [5.41, 5.74) is 1.01. The van der Waals surface area contributed by atoms with E-state index in [2.05, 4.69) is 27.9 Å². The number of amides is 1. The molecule has 0 bridgehead atoms. The zero-order chi connectivity index (χ0) is 15.2. The molecule has 0 saturated heterocycles. The van der Waals surface area contributed by atoms with Gasteiger partial charge in [-0.25, -0.2) is 9.78 Å². The fourth-order valence-electron chi connectivity index (χ4n) is 1.42. The van der Waals surface area contributed by atoms with Crippen molar-refractivity contribution in [2.75, 3.05) is 11.5 Å². The van der Waals surface area contributed by atoms with Gasteiger partial charge in [0.25, 0.3) is 0 Å². The molecule has 1 heterocycles. The Morgan fingerprint density at radius 2 is 2.30 bits per heavy atom. The number of nitrogens with zero attached hydrogens (tertiary/aromatic N) is 1. The van der Waals surface area contributed by atoms with Gasteiger partial charge in [-0.1, -0.05) is 0 Å². The van der Waals surface area contributed by atoms with E-state index in [-0.39, 0.29) is 11.7 Å². The number of aliphatic carboxylic acids is 1. The lowest BCUT2D eigenvalue weighted by molar-refractivity contribution is -0.141. The van der Waals surface area contributed by atoms with Crippen LogP contribution in [0.15, 0.2) is 12.5 Å². The Balaban J connectivity index is 2.45. The molecule has 1 rings (SSSR count). The van der Waals surface area contributed by atoms with Crippen molar-refractivity contribution in [2.24, 2.45) is 0 Å². The van der Waals surface area contributed by atoms with Gasteiger partial charge in [0.15, 0.2) is 0 Å². The van der Waals surface area contributed by atoms with Crippen molar-refractivity contribution in [3.63, 3.8) is 0 Å². The molecule has 0 aliphatic carbocycles. The van der Waals surface area contributed by atoms with E-state index in [1.165, 1.54) is 11.8 Å². The maximum Gasteiger partial charge on any atom is 0.327 e. The van der Waals surface area contributed by atoms with E-state index in [0.29, 0.717) is 0 Å². The lowest BCUT2D eigenvalue weighted by Crippen LogP contribution is -2.49. The van der Waals surface area contributed by atoms with Crippen molar-refractivity contribution in [2.45, 2.75) is 31.1 Å². The number of H-pyrrole nitrogens is 1. The number of imidazole rings is 1. The molecule has 1 aromatic heterocycles. The van der Waals surface area contributed by atoms with Gasteiger partial charge in [0, 0.05) is 17.6 Å². The van der Waals surface area contributed by atoms with Crippen LogP contribution in [0.2, 0.25) is 0 Å². The molecule has 0 saturated carbocycles. The number of carboxylic acids is 1. The molecule has 0 fully saturated rings. The van der Waals surface area contributed by atoms with Gasteiger partial charge in [-0.05, 0) is 26.0 Å². The average molecular weight is 317 g/mol. The number of carboxylic acid groups (broad SMARTS) is 1. The van der Waals surface area contributed by atoms with Crippen LogP contribution in [0.5, 0.6) is 0 Å². The number of thiol groups is 1. The molecule has 0 spiro atoms. The predicted molar refractivity (Wildman–Crippen MR) is 82.2 cm³/mol. The van der Waals surface area contributed by atoms with Gasteiger partial charge < -0.3 is 15.4 Å². The maximum absolute atomic E-state index is 12.1. The van der Waals surface area contributed by atoms with Gasteiger partial charge in [-0.2, -0.15) is 12.6 Å². The Hall–Kier alpha value is -1.15. The van der Waals surface area contributed by atoms with Gasteiger partial charge in [-0.3, -0.25) is 4.79 Å².